The number of rotatable bonds is 9. The number of likely N-dealkylation sites (tertiary alicyclic amines) is 1. The number of alkyl carbamates (subject to hydrolysis) is 1. The molecule has 4 aromatic carbocycles. The quantitative estimate of drug-likeness (QED) is 0.149. The highest BCUT2D eigenvalue weighted by Crippen LogP contribution is 2.38. The minimum absolute atomic E-state index is 0.0471. The van der Waals surface area contributed by atoms with Gasteiger partial charge in [0.1, 0.15) is 12.4 Å². The molecule has 7 rings (SSSR count). The van der Waals surface area contributed by atoms with Gasteiger partial charge < -0.3 is 25.0 Å². The van der Waals surface area contributed by atoms with E-state index in [2.05, 4.69) is 27.4 Å². The Balaban J connectivity index is 0.993. The number of carbonyl (C=O) groups excluding carboxylic acids is 2. The number of aromatic nitrogens is 2. The molecule has 6 aromatic rings. The van der Waals surface area contributed by atoms with Crippen LogP contribution in [-0.4, -0.2) is 50.6 Å². The smallest absolute Gasteiger partial charge is 0.407 e. The number of aromatic hydroxyl groups is 1. The lowest BCUT2D eigenvalue weighted by Crippen LogP contribution is -2.57. The Morgan fingerprint density at radius 2 is 1.51 bits per heavy atom. The number of amides is 2. The summed E-state index contributed by atoms with van der Waals surface area (Å²) in [7, 11) is 0. The number of nitrogens with zero attached hydrogens (tertiary/aromatic N) is 2. The van der Waals surface area contributed by atoms with Crippen molar-refractivity contribution in [2.24, 2.45) is 0 Å². The number of pyridine rings is 1. The van der Waals surface area contributed by atoms with E-state index < -0.39 is 11.6 Å². The van der Waals surface area contributed by atoms with Gasteiger partial charge in [0.25, 0.3) is 0 Å². The number of hydrogen-bond acceptors (Lipinski definition) is 5. The van der Waals surface area contributed by atoms with Crippen LogP contribution < -0.4 is 5.32 Å². The summed E-state index contributed by atoms with van der Waals surface area (Å²) in [6, 6.07) is 37.2. The van der Waals surface area contributed by atoms with Crippen molar-refractivity contribution in [3.63, 3.8) is 0 Å². The summed E-state index contributed by atoms with van der Waals surface area (Å²) < 4.78 is 5.59. The predicted octanol–water partition coefficient (Wildman–Crippen LogP) is 7.68. The van der Waals surface area contributed by atoms with E-state index in [1.807, 2.05) is 108 Å². The van der Waals surface area contributed by atoms with E-state index in [9.17, 15) is 14.7 Å². The number of H-pyrrole nitrogens is 1. The largest absolute Gasteiger partial charge is 0.507 e. The summed E-state index contributed by atoms with van der Waals surface area (Å²) in [5.74, 6) is 0.238. The van der Waals surface area contributed by atoms with Crippen molar-refractivity contribution in [3.8, 4) is 28.1 Å². The summed E-state index contributed by atoms with van der Waals surface area (Å²) in [5, 5.41) is 15.5. The average Bonchev–Trinajstić information content (AvgIpc) is 3.57. The van der Waals surface area contributed by atoms with Crippen LogP contribution in [0.2, 0.25) is 0 Å². The zero-order valence-corrected chi connectivity index (χ0v) is 27.1. The van der Waals surface area contributed by atoms with Gasteiger partial charge in [0, 0.05) is 35.8 Å². The maximum Gasteiger partial charge on any atom is 0.407 e. The Hall–Kier alpha value is -5.89. The van der Waals surface area contributed by atoms with Gasteiger partial charge in [-0.25, -0.2) is 4.79 Å². The van der Waals surface area contributed by atoms with E-state index in [1.165, 1.54) is 0 Å². The third-order valence-corrected chi connectivity index (χ3v) is 9.41. The number of piperidine rings is 1. The SMILES string of the molecule is O=C(NC1(Cc2ccccc2)CCN(C(=O)Cc2ccc(-c3cccc(-c4cc5ccncc5[nH]4)c3O)cc2)CC1)OCc1ccccc1. The molecular weight excluding hydrogens is 612 g/mol. The summed E-state index contributed by atoms with van der Waals surface area (Å²) >= 11 is 0. The van der Waals surface area contributed by atoms with Crippen LogP contribution in [0.3, 0.4) is 0 Å². The lowest BCUT2D eigenvalue weighted by molar-refractivity contribution is -0.132. The van der Waals surface area contributed by atoms with E-state index in [0.29, 0.717) is 43.5 Å². The molecule has 1 aliphatic heterocycles. The average molecular weight is 651 g/mol. The fourth-order valence-corrected chi connectivity index (χ4v) is 6.69. The number of aromatic amines is 1. The molecule has 2 aromatic heterocycles. The minimum Gasteiger partial charge on any atom is -0.507 e. The monoisotopic (exact) mass is 650 g/mol. The summed E-state index contributed by atoms with van der Waals surface area (Å²) in [6.07, 6.45) is 5.24. The highest BCUT2D eigenvalue weighted by atomic mass is 16.5. The van der Waals surface area contributed by atoms with Gasteiger partial charge in [-0.1, -0.05) is 97.1 Å². The van der Waals surface area contributed by atoms with Crippen LogP contribution in [0.4, 0.5) is 4.79 Å². The van der Waals surface area contributed by atoms with Crippen LogP contribution in [0.5, 0.6) is 5.75 Å². The molecule has 3 N–H and O–H groups in total. The van der Waals surface area contributed by atoms with Crippen LogP contribution in [0.25, 0.3) is 33.3 Å². The second-order valence-electron chi connectivity index (χ2n) is 12.7. The van der Waals surface area contributed by atoms with Crippen LogP contribution in [0, 0.1) is 0 Å². The number of phenols is 1. The summed E-state index contributed by atoms with van der Waals surface area (Å²) in [4.78, 5) is 35.9. The summed E-state index contributed by atoms with van der Waals surface area (Å²) in [6.45, 7) is 1.27. The van der Waals surface area contributed by atoms with Crippen LogP contribution >= 0.6 is 0 Å². The van der Waals surface area contributed by atoms with Crippen molar-refractivity contribution in [2.45, 2.75) is 37.8 Å². The zero-order valence-electron chi connectivity index (χ0n) is 27.1. The molecule has 0 bridgehead atoms. The number of carbonyl (C=O) groups is 2. The highest BCUT2D eigenvalue weighted by molar-refractivity contribution is 5.89. The van der Waals surface area contributed by atoms with Crippen LogP contribution in [0.15, 0.2) is 128 Å². The van der Waals surface area contributed by atoms with Gasteiger partial charge in [-0.2, -0.15) is 0 Å². The van der Waals surface area contributed by atoms with Crippen molar-refractivity contribution in [3.05, 3.63) is 144 Å². The van der Waals surface area contributed by atoms with Gasteiger partial charge in [-0.05, 0) is 59.7 Å². The third-order valence-electron chi connectivity index (χ3n) is 9.41. The van der Waals surface area contributed by atoms with Crippen molar-refractivity contribution in [1.29, 1.82) is 0 Å². The van der Waals surface area contributed by atoms with Gasteiger partial charge in [-0.15, -0.1) is 0 Å². The molecule has 2 amide bonds. The second-order valence-corrected chi connectivity index (χ2v) is 12.7. The fraction of sp³-hybridized carbons (Fsp3) is 0.195. The first-order chi connectivity index (χ1) is 23.9. The highest BCUT2D eigenvalue weighted by Gasteiger charge is 2.38. The van der Waals surface area contributed by atoms with Gasteiger partial charge >= 0.3 is 6.09 Å². The first kappa shape index (κ1) is 31.7. The first-order valence-corrected chi connectivity index (χ1v) is 16.6. The first-order valence-electron chi connectivity index (χ1n) is 16.6. The summed E-state index contributed by atoms with van der Waals surface area (Å²) in [5.41, 5.74) is 6.44. The molecule has 0 unspecified atom stereocenters. The predicted molar refractivity (Wildman–Crippen MR) is 191 cm³/mol. The van der Waals surface area contributed by atoms with E-state index in [0.717, 1.165) is 38.9 Å². The standard InChI is InChI=1S/C41H38N4O4/c46-38(24-29-14-16-32(17-15-29)34-12-7-13-35(39(34)47)36-25-33-18-21-42-27-37(33)43-36)45-22-19-41(20-23-45,26-30-8-3-1-4-9-30)44-40(48)49-28-31-10-5-2-6-11-31/h1-18,21,25,27,43,47H,19-20,22-24,26,28H2,(H,44,48). The lowest BCUT2D eigenvalue weighted by Gasteiger charge is -2.42. The fourth-order valence-electron chi connectivity index (χ4n) is 6.69. The van der Waals surface area contributed by atoms with E-state index in [4.69, 9.17) is 4.74 Å². The van der Waals surface area contributed by atoms with Gasteiger partial charge in [0.15, 0.2) is 0 Å². The number of ether oxygens (including phenoxy) is 1. The van der Waals surface area contributed by atoms with Crippen molar-refractivity contribution >= 4 is 22.9 Å². The molecule has 49 heavy (non-hydrogen) atoms. The van der Waals surface area contributed by atoms with E-state index in [-0.39, 0.29) is 24.7 Å². The molecule has 246 valence electrons. The number of fused-ring (bicyclic) bond motifs is 1. The van der Waals surface area contributed by atoms with Crippen molar-refractivity contribution < 1.29 is 19.4 Å². The molecule has 0 saturated carbocycles. The molecular formula is C41H38N4O4. The maximum absolute atomic E-state index is 13.5. The molecule has 1 aliphatic rings. The van der Waals surface area contributed by atoms with Crippen molar-refractivity contribution in [2.75, 3.05) is 13.1 Å². The zero-order chi connectivity index (χ0) is 33.6. The molecule has 0 aliphatic carbocycles. The molecule has 3 heterocycles. The van der Waals surface area contributed by atoms with Gasteiger partial charge in [0.2, 0.25) is 5.91 Å². The number of nitrogens with one attached hydrogen (secondary N) is 2. The van der Waals surface area contributed by atoms with E-state index in [1.54, 1.807) is 12.4 Å². The molecule has 0 spiro atoms. The maximum atomic E-state index is 13.5. The minimum atomic E-state index is -0.520. The molecule has 1 saturated heterocycles. The Kier molecular flexibility index (Phi) is 9.10. The Morgan fingerprint density at radius 3 is 2.22 bits per heavy atom. The molecule has 1 fully saturated rings. The van der Waals surface area contributed by atoms with Crippen LogP contribution in [-0.2, 0) is 29.0 Å². The van der Waals surface area contributed by atoms with Gasteiger partial charge in [0.05, 0.1) is 29.4 Å². The molecule has 0 radical (unpaired) electrons. The number of hydrogen-bond donors (Lipinski definition) is 3. The normalized spacial score (nSPS) is 14.0. The number of para-hydroxylation sites is 1. The van der Waals surface area contributed by atoms with Crippen LogP contribution in [0.1, 0.15) is 29.5 Å². The van der Waals surface area contributed by atoms with Gasteiger partial charge in [-0.3, -0.25) is 9.78 Å². The third kappa shape index (κ3) is 7.33. The molecule has 8 heteroatoms. The molecule has 8 nitrogen and oxygen atoms in total. The topological polar surface area (TPSA) is 108 Å². The lowest BCUT2D eigenvalue weighted by atomic mass is 9.81. The Bertz CT molecular complexity index is 2020. The Labute approximate surface area is 285 Å². The van der Waals surface area contributed by atoms with E-state index >= 15 is 0 Å². The number of phenolic OH excluding ortho intramolecular Hbond substituents is 1. The number of benzene rings is 4. The van der Waals surface area contributed by atoms with Crippen molar-refractivity contribution in [1.82, 2.24) is 20.2 Å². The molecule has 0 atom stereocenters. The second kappa shape index (κ2) is 14.1. The Morgan fingerprint density at radius 1 is 0.816 bits per heavy atom.